The van der Waals surface area contributed by atoms with Crippen LogP contribution in [0.3, 0.4) is 0 Å². The van der Waals surface area contributed by atoms with Crippen LogP contribution in [-0.2, 0) is 13.5 Å². The molecule has 4 N–H and O–H groups in total. The van der Waals surface area contributed by atoms with Crippen molar-refractivity contribution in [2.75, 3.05) is 12.0 Å². The van der Waals surface area contributed by atoms with Crippen LogP contribution in [0.15, 0.2) is 30.6 Å². The molecular formula is C12H16N6O. The Labute approximate surface area is 110 Å². The van der Waals surface area contributed by atoms with Gasteiger partial charge < -0.3 is 15.3 Å². The smallest absolute Gasteiger partial charge is 0.253 e. The molecule has 0 fully saturated rings. The van der Waals surface area contributed by atoms with Gasteiger partial charge in [-0.05, 0) is 12.1 Å². The summed E-state index contributed by atoms with van der Waals surface area (Å²) in [6, 6.07) is 7.06. The third-order valence-electron chi connectivity index (χ3n) is 2.77. The van der Waals surface area contributed by atoms with E-state index in [4.69, 9.17) is 5.84 Å². The molecule has 7 heteroatoms. The van der Waals surface area contributed by atoms with Gasteiger partial charge in [0.1, 0.15) is 12.2 Å². The Hall–Kier alpha value is -2.41. The van der Waals surface area contributed by atoms with E-state index >= 15 is 0 Å². The average Bonchev–Trinajstić information content (AvgIpc) is 2.84. The number of carbonyl (C=O) groups excluding carboxylic acids is 1. The van der Waals surface area contributed by atoms with Gasteiger partial charge in [-0.15, -0.1) is 10.2 Å². The SMILES string of the molecule is Cn1cnnc1CCNC(=O)c1ccccc1NN. The van der Waals surface area contributed by atoms with E-state index in [0.717, 1.165) is 5.82 Å². The fourth-order valence-corrected chi connectivity index (χ4v) is 1.72. The zero-order chi connectivity index (χ0) is 13.7. The highest BCUT2D eigenvalue weighted by atomic mass is 16.1. The van der Waals surface area contributed by atoms with Crippen LogP contribution in [0.25, 0.3) is 0 Å². The third kappa shape index (κ3) is 3.08. The van der Waals surface area contributed by atoms with E-state index in [1.807, 2.05) is 17.7 Å². The molecule has 100 valence electrons. The number of carbonyl (C=O) groups is 1. The van der Waals surface area contributed by atoms with Gasteiger partial charge in [-0.3, -0.25) is 10.6 Å². The summed E-state index contributed by atoms with van der Waals surface area (Å²) in [6.45, 7) is 0.490. The van der Waals surface area contributed by atoms with Crippen molar-refractivity contribution >= 4 is 11.6 Å². The number of hydrogen-bond acceptors (Lipinski definition) is 5. The maximum Gasteiger partial charge on any atom is 0.253 e. The number of hydrazine groups is 1. The normalized spacial score (nSPS) is 10.2. The predicted octanol–water partition coefficient (Wildman–Crippen LogP) is 0.0732. The van der Waals surface area contributed by atoms with Gasteiger partial charge in [-0.1, -0.05) is 12.1 Å². The zero-order valence-corrected chi connectivity index (χ0v) is 10.6. The number of benzene rings is 1. The summed E-state index contributed by atoms with van der Waals surface area (Å²) in [5.74, 6) is 6.02. The largest absolute Gasteiger partial charge is 0.352 e. The maximum absolute atomic E-state index is 12.0. The molecule has 0 atom stereocenters. The van der Waals surface area contributed by atoms with Crippen LogP contribution < -0.4 is 16.6 Å². The lowest BCUT2D eigenvalue weighted by Crippen LogP contribution is -2.27. The molecule has 0 aliphatic carbocycles. The van der Waals surface area contributed by atoms with Gasteiger partial charge in [0, 0.05) is 20.0 Å². The van der Waals surface area contributed by atoms with Crippen LogP contribution in [0.4, 0.5) is 5.69 Å². The first-order valence-corrected chi connectivity index (χ1v) is 5.89. The van der Waals surface area contributed by atoms with Crippen LogP contribution >= 0.6 is 0 Å². The predicted molar refractivity (Wildman–Crippen MR) is 71.3 cm³/mol. The third-order valence-corrected chi connectivity index (χ3v) is 2.77. The second-order valence-corrected chi connectivity index (χ2v) is 4.05. The first kappa shape index (κ1) is 13.0. The second-order valence-electron chi connectivity index (χ2n) is 4.05. The number of amides is 1. The number of anilines is 1. The molecule has 0 saturated carbocycles. The van der Waals surface area contributed by atoms with E-state index in [9.17, 15) is 4.79 Å². The minimum atomic E-state index is -0.171. The molecular weight excluding hydrogens is 244 g/mol. The van der Waals surface area contributed by atoms with Gasteiger partial charge >= 0.3 is 0 Å². The first-order chi connectivity index (χ1) is 9.22. The summed E-state index contributed by atoms with van der Waals surface area (Å²) in [7, 11) is 1.87. The van der Waals surface area contributed by atoms with Crippen molar-refractivity contribution in [3.8, 4) is 0 Å². The van der Waals surface area contributed by atoms with Gasteiger partial charge in [0.25, 0.3) is 5.91 Å². The molecule has 0 unspecified atom stereocenters. The van der Waals surface area contributed by atoms with E-state index < -0.39 is 0 Å². The number of nitrogen functional groups attached to an aromatic ring is 1. The summed E-state index contributed by atoms with van der Waals surface area (Å²) in [4.78, 5) is 12.0. The molecule has 1 amide bonds. The Kier molecular flexibility index (Phi) is 4.09. The van der Waals surface area contributed by atoms with Crippen molar-refractivity contribution in [2.45, 2.75) is 6.42 Å². The highest BCUT2D eigenvalue weighted by molar-refractivity contribution is 5.99. The van der Waals surface area contributed by atoms with Gasteiger partial charge in [0.05, 0.1) is 11.3 Å². The minimum Gasteiger partial charge on any atom is -0.352 e. The fourth-order valence-electron chi connectivity index (χ4n) is 1.72. The van der Waals surface area contributed by atoms with Gasteiger partial charge in [-0.25, -0.2) is 0 Å². The molecule has 0 radical (unpaired) electrons. The topological polar surface area (TPSA) is 97.9 Å². The van der Waals surface area contributed by atoms with Crippen molar-refractivity contribution in [1.82, 2.24) is 20.1 Å². The number of rotatable bonds is 5. The molecule has 1 heterocycles. The maximum atomic E-state index is 12.0. The molecule has 0 spiro atoms. The zero-order valence-electron chi connectivity index (χ0n) is 10.6. The van der Waals surface area contributed by atoms with Crippen molar-refractivity contribution < 1.29 is 4.79 Å². The summed E-state index contributed by atoms with van der Waals surface area (Å²) >= 11 is 0. The number of nitrogens with zero attached hydrogens (tertiary/aromatic N) is 3. The Morgan fingerprint density at radius 1 is 1.42 bits per heavy atom. The van der Waals surface area contributed by atoms with Crippen LogP contribution in [-0.4, -0.2) is 27.2 Å². The Balaban J connectivity index is 1.93. The van der Waals surface area contributed by atoms with Crippen molar-refractivity contribution in [3.05, 3.63) is 42.0 Å². The van der Waals surface area contributed by atoms with E-state index in [-0.39, 0.29) is 5.91 Å². The van der Waals surface area contributed by atoms with Crippen molar-refractivity contribution in [1.29, 1.82) is 0 Å². The highest BCUT2D eigenvalue weighted by Crippen LogP contribution is 2.12. The van der Waals surface area contributed by atoms with E-state index in [2.05, 4.69) is 20.9 Å². The van der Waals surface area contributed by atoms with Crippen LogP contribution in [0, 0.1) is 0 Å². The molecule has 1 aromatic heterocycles. The average molecular weight is 260 g/mol. The van der Waals surface area contributed by atoms with Gasteiger partial charge in [-0.2, -0.15) is 0 Å². The monoisotopic (exact) mass is 260 g/mol. The molecule has 0 bridgehead atoms. The number of aryl methyl sites for hydroxylation is 1. The highest BCUT2D eigenvalue weighted by Gasteiger charge is 2.10. The lowest BCUT2D eigenvalue weighted by atomic mass is 10.1. The van der Waals surface area contributed by atoms with E-state index in [0.29, 0.717) is 24.2 Å². The molecule has 0 aliphatic heterocycles. The number of para-hydroxylation sites is 1. The summed E-state index contributed by atoms with van der Waals surface area (Å²) in [6.07, 6.45) is 2.26. The standard InChI is InChI=1S/C12H16N6O/c1-18-8-15-17-11(18)6-7-14-12(19)9-4-2-3-5-10(9)16-13/h2-5,8,16H,6-7,13H2,1H3,(H,14,19). The molecule has 7 nitrogen and oxygen atoms in total. The molecule has 1 aromatic carbocycles. The molecule has 19 heavy (non-hydrogen) atoms. The first-order valence-electron chi connectivity index (χ1n) is 5.89. The number of hydrogen-bond donors (Lipinski definition) is 3. The van der Waals surface area contributed by atoms with Crippen molar-refractivity contribution in [2.24, 2.45) is 12.9 Å². The van der Waals surface area contributed by atoms with E-state index in [1.54, 1.807) is 24.5 Å². The lowest BCUT2D eigenvalue weighted by Gasteiger charge is -2.09. The van der Waals surface area contributed by atoms with Crippen LogP contribution in [0.1, 0.15) is 16.2 Å². The molecule has 2 aromatic rings. The van der Waals surface area contributed by atoms with E-state index in [1.165, 1.54) is 0 Å². The van der Waals surface area contributed by atoms with Gasteiger partial charge in [0.15, 0.2) is 0 Å². The second kappa shape index (κ2) is 5.96. The number of aromatic nitrogens is 3. The lowest BCUT2D eigenvalue weighted by molar-refractivity contribution is 0.0954. The molecule has 0 aliphatic rings. The van der Waals surface area contributed by atoms with Gasteiger partial charge in [0.2, 0.25) is 0 Å². The van der Waals surface area contributed by atoms with Crippen molar-refractivity contribution in [3.63, 3.8) is 0 Å². The van der Waals surface area contributed by atoms with Crippen LogP contribution in [0.5, 0.6) is 0 Å². The number of nitrogens with two attached hydrogens (primary N) is 1. The Bertz CT molecular complexity index is 565. The summed E-state index contributed by atoms with van der Waals surface area (Å²) in [5.41, 5.74) is 3.61. The fraction of sp³-hybridized carbons (Fsp3) is 0.250. The quantitative estimate of drug-likeness (QED) is 0.522. The number of nitrogens with one attached hydrogen (secondary N) is 2. The minimum absolute atomic E-state index is 0.171. The van der Waals surface area contributed by atoms with Crippen LogP contribution in [0.2, 0.25) is 0 Å². The summed E-state index contributed by atoms with van der Waals surface area (Å²) in [5, 5.41) is 10.6. The Morgan fingerprint density at radius 3 is 2.89 bits per heavy atom. The Morgan fingerprint density at radius 2 is 2.21 bits per heavy atom. The molecule has 0 saturated heterocycles. The summed E-state index contributed by atoms with van der Waals surface area (Å²) < 4.78 is 1.82. The molecule has 2 rings (SSSR count).